The Kier molecular flexibility index (Phi) is 1.87. The average molecular weight is 191 g/mol. The molecule has 0 radical (unpaired) electrons. The van der Waals surface area contributed by atoms with Crippen LogP contribution in [0.1, 0.15) is 48.8 Å². The molecule has 1 fully saturated rings. The number of nitrogens with one attached hydrogen (secondary N) is 2. The Labute approximate surface area is 84.3 Å². The third kappa shape index (κ3) is 1.12. The van der Waals surface area contributed by atoms with Crippen molar-refractivity contribution in [3.63, 3.8) is 0 Å². The van der Waals surface area contributed by atoms with E-state index in [0.717, 1.165) is 19.0 Å². The van der Waals surface area contributed by atoms with E-state index in [2.05, 4.69) is 17.2 Å². The molecule has 0 amide bonds. The van der Waals surface area contributed by atoms with Crippen molar-refractivity contribution in [3.8, 4) is 0 Å². The van der Waals surface area contributed by atoms with Gasteiger partial charge in [-0.25, -0.2) is 4.98 Å². The fraction of sp³-hybridized carbons (Fsp3) is 0.727. The quantitative estimate of drug-likeness (QED) is 0.744. The van der Waals surface area contributed by atoms with Crippen LogP contribution in [0.3, 0.4) is 0 Å². The first kappa shape index (κ1) is 8.48. The molecule has 1 aromatic heterocycles. The van der Waals surface area contributed by atoms with Gasteiger partial charge >= 0.3 is 0 Å². The second-order valence-electron chi connectivity index (χ2n) is 4.48. The molecule has 3 nitrogen and oxygen atoms in total. The average Bonchev–Trinajstić information content (AvgIpc) is 2.59. The summed E-state index contributed by atoms with van der Waals surface area (Å²) in [6, 6.07) is 0. The summed E-state index contributed by atoms with van der Waals surface area (Å²) in [6.07, 6.45) is 3.75. The zero-order chi connectivity index (χ0) is 9.54. The number of rotatable bonds is 2. The molecule has 2 heterocycles. The molecule has 1 unspecified atom stereocenters. The van der Waals surface area contributed by atoms with Crippen molar-refractivity contribution in [2.24, 2.45) is 0 Å². The number of hydrogen-bond donors (Lipinski definition) is 2. The largest absolute Gasteiger partial charge is 0.345 e. The van der Waals surface area contributed by atoms with E-state index in [1.54, 1.807) is 0 Å². The summed E-state index contributed by atoms with van der Waals surface area (Å²) in [5, 5.41) is 3.29. The zero-order valence-corrected chi connectivity index (χ0v) is 8.64. The molecule has 0 bridgehead atoms. The Morgan fingerprint density at radius 1 is 1.43 bits per heavy atom. The number of fused-ring (bicyclic) bond motifs is 1. The van der Waals surface area contributed by atoms with Gasteiger partial charge in [0.25, 0.3) is 0 Å². The number of H-pyrrole nitrogens is 1. The van der Waals surface area contributed by atoms with Crippen LogP contribution >= 0.6 is 0 Å². The molecule has 2 N–H and O–H groups in total. The third-order valence-corrected chi connectivity index (χ3v) is 3.62. The molecule has 1 saturated heterocycles. The molecule has 1 aliphatic carbocycles. The SMILES string of the molecule is CCC1CCc2[nH]c(C3CNC3)nc21. The monoisotopic (exact) mass is 191 g/mol. The number of aromatic nitrogens is 2. The van der Waals surface area contributed by atoms with Crippen LogP contribution in [0.2, 0.25) is 0 Å². The number of aromatic amines is 1. The Bertz CT molecular complexity index is 338. The maximum Gasteiger partial charge on any atom is 0.112 e. The molecule has 0 saturated carbocycles. The van der Waals surface area contributed by atoms with Gasteiger partial charge < -0.3 is 10.3 Å². The van der Waals surface area contributed by atoms with Gasteiger partial charge in [-0.3, -0.25) is 0 Å². The standard InChI is InChI=1S/C11H17N3/c1-2-7-3-4-9-10(7)14-11(13-9)8-5-12-6-8/h7-8,12H,2-6H2,1H3,(H,13,14). The van der Waals surface area contributed by atoms with Crippen LogP contribution in [0.15, 0.2) is 0 Å². The molecule has 3 rings (SSSR count). The first-order valence-electron chi connectivity index (χ1n) is 5.68. The highest BCUT2D eigenvalue weighted by molar-refractivity contribution is 5.26. The van der Waals surface area contributed by atoms with Gasteiger partial charge in [-0.2, -0.15) is 0 Å². The van der Waals surface area contributed by atoms with Crippen molar-refractivity contribution in [3.05, 3.63) is 17.2 Å². The van der Waals surface area contributed by atoms with E-state index in [0.29, 0.717) is 5.92 Å². The van der Waals surface area contributed by atoms with Crippen LogP contribution in [0.5, 0.6) is 0 Å². The second-order valence-corrected chi connectivity index (χ2v) is 4.48. The van der Waals surface area contributed by atoms with Gasteiger partial charge in [-0.15, -0.1) is 0 Å². The molecular weight excluding hydrogens is 174 g/mol. The number of nitrogens with zero attached hydrogens (tertiary/aromatic N) is 1. The number of imidazole rings is 1. The normalized spacial score (nSPS) is 26.2. The molecule has 1 atom stereocenters. The predicted octanol–water partition coefficient (Wildman–Crippen LogP) is 1.54. The summed E-state index contributed by atoms with van der Waals surface area (Å²) in [7, 11) is 0. The minimum atomic E-state index is 0.651. The van der Waals surface area contributed by atoms with E-state index in [9.17, 15) is 0 Å². The van der Waals surface area contributed by atoms with E-state index < -0.39 is 0 Å². The first-order chi connectivity index (χ1) is 6.88. The van der Waals surface area contributed by atoms with Crippen molar-refractivity contribution < 1.29 is 0 Å². The third-order valence-electron chi connectivity index (χ3n) is 3.62. The van der Waals surface area contributed by atoms with Crippen LogP contribution in [0.4, 0.5) is 0 Å². The van der Waals surface area contributed by atoms with Gasteiger partial charge in [0.1, 0.15) is 5.82 Å². The van der Waals surface area contributed by atoms with Gasteiger partial charge in [-0.1, -0.05) is 6.92 Å². The maximum absolute atomic E-state index is 4.77. The summed E-state index contributed by atoms with van der Waals surface area (Å²) in [4.78, 5) is 8.28. The topological polar surface area (TPSA) is 40.7 Å². The molecule has 0 spiro atoms. The fourth-order valence-electron chi connectivity index (χ4n) is 2.50. The second kappa shape index (κ2) is 3.09. The lowest BCUT2D eigenvalue weighted by atomic mass is 10.0. The molecule has 3 heteroatoms. The van der Waals surface area contributed by atoms with E-state index in [1.807, 2.05) is 0 Å². The summed E-state index contributed by atoms with van der Waals surface area (Å²) < 4.78 is 0. The smallest absolute Gasteiger partial charge is 0.112 e. The van der Waals surface area contributed by atoms with Crippen LogP contribution < -0.4 is 5.32 Å². The summed E-state index contributed by atoms with van der Waals surface area (Å²) in [6.45, 7) is 4.46. The maximum atomic E-state index is 4.77. The van der Waals surface area contributed by atoms with Gasteiger partial charge in [0.2, 0.25) is 0 Å². The van der Waals surface area contributed by atoms with E-state index in [1.165, 1.54) is 36.5 Å². The molecule has 14 heavy (non-hydrogen) atoms. The van der Waals surface area contributed by atoms with Crippen molar-refractivity contribution >= 4 is 0 Å². The number of aryl methyl sites for hydroxylation is 1. The van der Waals surface area contributed by atoms with Crippen molar-refractivity contribution in [1.82, 2.24) is 15.3 Å². The van der Waals surface area contributed by atoms with Crippen LogP contribution in [-0.2, 0) is 6.42 Å². The van der Waals surface area contributed by atoms with Crippen LogP contribution in [0, 0.1) is 0 Å². The fourth-order valence-corrected chi connectivity index (χ4v) is 2.50. The summed E-state index contributed by atoms with van der Waals surface area (Å²) >= 11 is 0. The van der Waals surface area contributed by atoms with E-state index >= 15 is 0 Å². The summed E-state index contributed by atoms with van der Waals surface area (Å²) in [5.41, 5.74) is 2.79. The highest BCUT2D eigenvalue weighted by Crippen LogP contribution is 2.34. The van der Waals surface area contributed by atoms with Gasteiger partial charge in [0, 0.05) is 30.6 Å². The Morgan fingerprint density at radius 3 is 2.93 bits per heavy atom. The predicted molar refractivity (Wildman–Crippen MR) is 55.6 cm³/mol. The lowest BCUT2D eigenvalue weighted by molar-refractivity contribution is 0.430. The van der Waals surface area contributed by atoms with Gasteiger partial charge in [0.15, 0.2) is 0 Å². The van der Waals surface area contributed by atoms with Crippen molar-refractivity contribution in [2.45, 2.75) is 38.0 Å². The van der Waals surface area contributed by atoms with E-state index in [4.69, 9.17) is 4.98 Å². The first-order valence-corrected chi connectivity index (χ1v) is 5.68. The van der Waals surface area contributed by atoms with Crippen molar-refractivity contribution in [1.29, 1.82) is 0 Å². The van der Waals surface area contributed by atoms with Crippen LogP contribution in [-0.4, -0.2) is 23.1 Å². The van der Waals surface area contributed by atoms with Crippen LogP contribution in [0.25, 0.3) is 0 Å². The van der Waals surface area contributed by atoms with Gasteiger partial charge in [0.05, 0.1) is 5.69 Å². The molecule has 0 aromatic carbocycles. The molecule has 1 aliphatic heterocycles. The molecule has 76 valence electrons. The highest BCUT2D eigenvalue weighted by atomic mass is 15.0. The number of hydrogen-bond acceptors (Lipinski definition) is 2. The summed E-state index contributed by atoms with van der Waals surface area (Å²) in [5.74, 6) is 2.60. The minimum Gasteiger partial charge on any atom is -0.345 e. The molecule has 1 aromatic rings. The van der Waals surface area contributed by atoms with Crippen molar-refractivity contribution in [2.75, 3.05) is 13.1 Å². The lowest BCUT2D eigenvalue weighted by Crippen LogP contribution is -2.40. The Morgan fingerprint density at radius 2 is 2.29 bits per heavy atom. The highest BCUT2D eigenvalue weighted by Gasteiger charge is 2.29. The Hall–Kier alpha value is -0.830. The van der Waals surface area contributed by atoms with Gasteiger partial charge in [-0.05, 0) is 19.3 Å². The molecular formula is C11H17N3. The Balaban J connectivity index is 1.89. The minimum absolute atomic E-state index is 0.651. The van der Waals surface area contributed by atoms with E-state index in [-0.39, 0.29) is 0 Å². The lowest BCUT2D eigenvalue weighted by Gasteiger charge is -2.25. The molecule has 2 aliphatic rings. The zero-order valence-electron chi connectivity index (χ0n) is 8.64.